The Morgan fingerprint density at radius 3 is 2.47 bits per heavy atom. The molecule has 0 bridgehead atoms. The average Bonchev–Trinajstić information content (AvgIpc) is 3.22. The van der Waals surface area contributed by atoms with Crippen molar-refractivity contribution in [3.05, 3.63) is 53.6 Å². The highest BCUT2D eigenvalue weighted by Crippen LogP contribution is 2.27. The van der Waals surface area contributed by atoms with Crippen LogP contribution in [0, 0.1) is 0 Å². The average molecular weight is 433 g/mol. The first-order chi connectivity index (χ1) is 14.2. The molecule has 0 spiro atoms. The normalized spacial score (nSPS) is 11.7. The molecule has 2 N–H and O–H groups in total. The molecule has 0 radical (unpaired) electrons. The largest absolute Gasteiger partial charge is 0.493 e. The third kappa shape index (κ3) is 7.18. The fourth-order valence-electron chi connectivity index (χ4n) is 2.46. The molecule has 0 unspecified atom stereocenters. The van der Waals surface area contributed by atoms with Crippen LogP contribution >= 0.6 is 11.8 Å². The van der Waals surface area contributed by atoms with E-state index in [9.17, 15) is 9.59 Å². The topological polar surface area (TPSA) is 89.8 Å². The first kappa shape index (κ1) is 23.4. The highest BCUT2D eigenvalue weighted by Gasteiger charge is 2.17. The summed E-state index contributed by atoms with van der Waals surface area (Å²) in [7, 11) is 3.01. The van der Waals surface area contributed by atoms with E-state index in [4.69, 9.17) is 13.9 Å². The van der Waals surface area contributed by atoms with Crippen LogP contribution in [0.25, 0.3) is 6.08 Å². The summed E-state index contributed by atoms with van der Waals surface area (Å²) in [5, 5.41) is 5.50. The predicted octanol–water partition coefficient (Wildman–Crippen LogP) is 3.72. The van der Waals surface area contributed by atoms with Crippen LogP contribution < -0.4 is 20.1 Å². The molecule has 2 aromatic rings. The number of benzene rings is 1. The van der Waals surface area contributed by atoms with Crippen molar-refractivity contribution in [2.45, 2.75) is 25.5 Å². The number of nitrogens with one attached hydrogen (secondary N) is 2. The Morgan fingerprint density at radius 2 is 1.87 bits per heavy atom. The van der Waals surface area contributed by atoms with Crippen LogP contribution in [0.15, 0.2) is 46.7 Å². The van der Waals surface area contributed by atoms with Gasteiger partial charge in [-0.1, -0.05) is 20.8 Å². The van der Waals surface area contributed by atoms with Crippen LogP contribution in [-0.2, 0) is 4.79 Å². The molecule has 1 heterocycles. The molecule has 0 atom stereocenters. The van der Waals surface area contributed by atoms with Gasteiger partial charge in [-0.3, -0.25) is 9.59 Å². The summed E-state index contributed by atoms with van der Waals surface area (Å²) in [5.41, 5.74) is 0.416. The summed E-state index contributed by atoms with van der Waals surface area (Å²) >= 11 is 1.75. The molecule has 30 heavy (non-hydrogen) atoms. The molecule has 2 amide bonds. The highest BCUT2D eigenvalue weighted by molar-refractivity contribution is 8.00. The van der Waals surface area contributed by atoms with Crippen LogP contribution in [0.1, 0.15) is 36.9 Å². The summed E-state index contributed by atoms with van der Waals surface area (Å²) < 4.78 is 15.8. The van der Waals surface area contributed by atoms with Crippen molar-refractivity contribution in [1.82, 2.24) is 10.6 Å². The van der Waals surface area contributed by atoms with Crippen LogP contribution in [-0.4, -0.2) is 43.1 Å². The third-order valence-electron chi connectivity index (χ3n) is 3.89. The summed E-state index contributed by atoms with van der Waals surface area (Å²) in [6, 6.07) is 8.19. The van der Waals surface area contributed by atoms with Gasteiger partial charge < -0.3 is 24.5 Å². The smallest absolute Gasteiger partial charge is 0.267 e. The number of methoxy groups -OCH3 is 2. The van der Waals surface area contributed by atoms with Crippen molar-refractivity contribution in [1.29, 1.82) is 0 Å². The van der Waals surface area contributed by atoms with Crippen molar-refractivity contribution >= 4 is 29.7 Å². The first-order valence-electron chi connectivity index (χ1n) is 9.44. The van der Waals surface area contributed by atoms with E-state index >= 15 is 0 Å². The van der Waals surface area contributed by atoms with E-state index in [-0.39, 0.29) is 10.4 Å². The number of amides is 2. The molecule has 0 aliphatic carbocycles. The molecule has 0 saturated heterocycles. The van der Waals surface area contributed by atoms with Crippen molar-refractivity contribution < 1.29 is 23.5 Å². The molecular formula is C22H28N2O5S. The maximum absolute atomic E-state index is 12.8. The molecule has 1 aromatic carbocycles. The second kappa shape index (κ2) is 10.8. The van der Waals surface area contributed by atoms with E-state index in [1.165, 1.54) is 26.6 Å². The predicted molar refractivity (Wildman–Crippen MR) is 119 cm³/mol. The molecule has 0 aliphatic heterocycles. The minimum atomic E-state index is -0.451. The fraction of sp³-hybridized carbons (Fsp3) is 0.364. The van der Waals surface area contributed by atoms with Crippen molar-refractivity contribution in [2.75, 3.05) is 26.5 Å². The van der Waals surface area contributed by atoms with Gasteiger partial charge in [0.15, 0.2) is 11.5 Å². The van der Waals surface area contributed by atoms with Gasteiger partial charge in [-0.2, -0.15) is 11.8 Å². The molecule has 0 fully saturated rings. The second-order valence-electron chi connectivity index (χ2n) is 7.31. The Balaban J connectivity index is 2.14. The van der Waals surface area contributed by atoms with E-state index in [0.717, 1.165) is 5.75 Å². The fourth-order valence-corrected chi connectivity index (χ4v) is 3.28. The zero-order valence-electron chi connectivity index (χ0n) is 17.9. The summed E-state index contributed by atoms with van der Waals surface area (Å²) in [6.07, 6.45) is 2.99. The van der Waals surface area contributed by atoms with Crippen molar-refractivity contribution in [3.8, 4) is 11.5 Å². The van der Waals surface area contributed by atoms with Gasteiger partial charge in [0.25, 0.3) is 11.8 Å². The molecule has 0 aliphatic rings. The summed E-state index contributed by atoms with van der Waals surface area (Å²) in [6.45, 7) is 6.82. The molecular weight excluding hydrogens is 404 g/mol. The van der Waals surface area contributed by atoms with E-state index in [2.05, 4.69) is 31.4 Å². The number of ether oxygens (including phenoxy) is 2. The van der Waals surface area contributed by atoms with Crippen molar-refractivity contribution in [3.63, 3.8) is 0 Å². The van der Waals surface area contributed by atoms with E-state index in [1.54, 1.807) is 42.1 Å². The lowest BCUT2D eigenvalue weighted by atomic mass is 10.1. The number of hydrogen-bond acceptors (Lipinski definition) is 6. The van der Waals surface area contributed by atoms with E-state index in [0.29, 0.717) is 29.4 Å². The Kier molecular flexibility index (Phi) is 8.41. The Hall–Kier alpha value is -2.87. The second-order valence-corrected chi connectivity index (χ2v) is 9.24. The Morgan fingerprint density at radius 1 is 1.13 bits per heavy atom. The molecule has 0 saturated carbocycles. The number of carbonyl (C=O) groups excluding carboxylic acids is 2. The van der Waals surface area contributed by atoms with Gasteiger partial charge in [-0.15, -0.1) is 0 Å². The highest BCUT2D eigenvalue weighted by atomic mass is 32.2. The number of rotatable bonds is 9. The molecule has 2 rings (SSSR count). The monoisotopic (exact) mass is 432 g/mol. The molecule has 162 valence electrons. The molecule has 8 heteroatoms. The van der Waals surface area contributed by atoms with Gasteiger partial charge in [0, 0.05) is 28.7 Å². The maximum atomic E-state index is 12.8. The Bertz CT molecular complexity index is 885. The third-order valence-corrected chi connectivity index (χ3v) is 5.17. The molecule has 7 nitrogen and oxygen atoms in total. The summed E-state index contributed by atoms with van der Waals surface area (Å²) in [5.74, 6) is 1.30. The number of furan rings is 1. The lowest BCUT2D eigenvalue weighted by Crippen LogP contribution is -2.36. The minimum Gasteiger partial charge on any atom is -0.493 e. The lowest BCUT2D eigenvalue weighted by Gasteiger charge is -2.17. The zero-order chi connectivity index (χ0) is 22.1. The quantitative estimate of drug-likeness (QED) is 0.464. The van der Waals surface area contributed by atoms with Gasteiger partial charge >= 0.3 is 0 Å². The van der Waals surface area contributed by atoms with Crippen LogP contribution in [0.5, 0.6) is 11.5 Å². The first-order valence-corrected chi connectivity index (χ1v) is 10.4. The standard InChI is InChI=1S/C22H28N2O5S/c1-22(2,3)30-12-10-23-21(26)17(14-16-7-6-11-29-16)24-20(25)15-8-9-18(27-4)19(13-15)28-5/h6-9,11,13-14H,10,12H2,1-5H3,(H,23,26)(H,24,25)/b17-14-. The lowest BCUT2D eigenvalue weighted by molar-refractivity contribution is -0.117. The Labute approximate surface area is 181 Å². The van der Waals surface area contributed by atoms with Gasteiger partial charge in [0.2, 0.25) is 0 Å². The van der Waals surface area contributed by atoms with Gasteiger partial charge in [-0.25, -0.2) is 0 Å². The number of hydrogen-bond donors (Lipinski definition) is 2. The maximum Gasteiger partial charge on any atom is 0.267 e. The molecule has 1 aromatic heterocycles. The van der Waals surface area contributed by atoms with Gasteiger partial charge in [-0.05, 0) is 30.3 Å². The van der Waals surface area contributed by atoms with Gasteiger partial charge in [0.1, 0.15) is 11.5 Å². The SMILES string of the molecule is COc1ccc(C(=O)N/C(=C\c2ccco2)C(=O)NCCSC(C)(C)C)cc1OC. The number of carbonyl (C=O) groups is 2. The van der Waals surface area contributed by atoms with Crippen LogP contribution in [0.3, 0.4) is 0 Å². The van der Waals surface area contributed by atoms with Crippen LogP contribution in [0.4, 0.5) is 0 Å². The van der Waals surface area contributed by atoms with Gasteiger partial charge in [0.05, 0.1) is 20.5 Å². The van der Waals surface area contributed by atoms with Crippen molar-refractivity contribution in [2.24, 2.45) is 0 Å². The number of thioether (sulfide) groups is 1. The zero-order valence-corrected chi connectivity index (χ0v) is 18.7. The minimum absolute atomic E-state index is 0.0884. The summed E-state index contributed by atoms with van der Waals surface area (Å²) in [4.78, 5) is 25.4. The van der Waals surface area contributed by atoms with E-state index < -0.39 is 11.8 Å². The van der Waals surface area contributed by atoms with Crippen LogP contribution in [0.2, 0.25) is 0 Å². The van der Waals surface area contributed by atoms with E-state index in [1.807, 2.05) is 0 Å².